The Bertz CT molecular complexity index is 1200. The molecule has 176 valence electrons. The Morgan fingerprint density at radius 3 is 2.48 bits per heavy atom. The largest absolute Gasteiger partial charge is 0.494 e. The van der Waals surface area contributed by atoms with Gasteiger partial charge in [0.25, 0.3) is 0 Å². The normalized spacial score (nSPS) is 14.4. The molecule has 1 saturated heterocycles. The molecule has 1 aromatic carbocycles. The number of nitrogens with zero attached hydrogens (tertiary/aromatic N) is 4. The first-order chi connectivity index (χ1) is 15.9. The fraction of sp³-hybridized carbons (Fsp3) is 0.381. The van der Waals surface area contributed by atoms with Crippen molar-refractivity contribution in [2.24, 2.45) is 0 Å². The fourth-order valence-corrected chi connectivity index (χ4v) is 4.67. The standard InChI is InChI=1S/C21H25N5O6S/c1-30-15-7-5-8-16(31-2)19(15)26-20(17-9-6-13-32-17)22-23-21(26)24-33(28,29)14-12-25-11-4-3-10-18(25)27/h5-9,13H,3-4,10-12,14H2,1-2H3,(H,23,24). The number of likely N-dealkylation sites (tertiary alicyclic amines) is 1. The molecule has 4 rings (SSSR count). The highest BCUT2D eigenvalue weighted by Gasteiger charge is 2.27. The Hall–Kier alpha value is -3.54. The second kappa shape index (κ2) is 9.53. The van der Waals surface area contributed by atoms with E-state index >= 15 is 0 Å². The van der Waals surface area contributed by atoms with E-state index in [0.29, 0.717) is 35.9 Å². The highest BCUT2D eigenvalue weighted by atomic mass is 32.2. The molecule has 1 fully saturated rings. The Morgan fingerprint density at radius 2 is 1.85 bits per heavy atom. The third-order valence-electron chi connectivity index (χ3n) is 5.33. The SMILES string of the molecule is COc1cccc(OC)c1-n1c(NS(=O)(=O)CCN2CCCCC2=O)nnc1-c1ccco1. The number of anilines is 1. The molecule has 3 heterocycles. The lowest BCUT2D eigenvalue weighted by molar-refractivity contribution is -0.132. The quantitative estimate of drug-likeness (QED) is 0.499. The number of methoxy groups -OCH3 is 2. The van der Waals surface area contributed by atoms with Gasteiger partial charge >= 0.3 is 0 Å². The van der Waals surface area contributed by atoms with E-state index in [1.54, 1.807) is 35.2 Å². The number of carbonyl (C=O) groups is 1. The zero-order valence-corrected chi connectivity index (χ0v) is 19.2. The van der Waals surface area contributed by atoms with Crippen molar-refractivity contribution in [3.63, 3.8) is 0 Å². The van der Waals surface area contributed by atoms with Crippen molar-refractivity contribution in [1.82, 2.24) is 19.7 Å². The lowest BCUT2D eigenvalue weighted by Gasteiger charge is -2.26. The average molecular weight is 476 g/mol. The minimum atomic E-state index is -3.86. The van der Waals surface area contributed by atoms with Crippen LogP contribution >= 0.6 is 0 Å². The number of sulfonamides is 1. The average Bonchev–Trinajstić information content (AvgIpc) is 3.47. The van der Waals surface area contributed by atoms with Crippen molar-refractivity contribution >= 4 is 21.9 Å². The van der Waals surface area contributed by atoms with Crippen molar-refractivity contribution in [2.45, 2.75) is 19.3 Å². The highest BCUT2D eigenvalue weighted by molar-refractivity contribution is 7.92. The smallest absolute Gasteiger partial charge is 0.243 e. The van der Waals surface area contributed by atoms with Crippen molar-refractivity contribution in [3.05, 3.63) is 36.6 Å². The highest BCUT2D eigenvalue weighted by Crippen LogP contribution is 2.37. The molecule has 0 radical (unpaired) electrons. The van der Waals surface area contributed by atoms with Crippen LogP contribution in [0.3, 0.4) is 0 Å². The van der Waals surface area contributed by atoms with E-state index in [1.807, 2.05) is 0 Å². The van der Waals surface area contributed by atoms with Gasteiger partial charge in [0, 0.05) is 19.5 Å². The maximum Gasteiger partial charge on any atom is 0.243 e. The van der Waals surface area contributed by atoms with Gasteiger partial charge in [-0.05, 0) is 37.1 Å². The van der Waals surface area contributed by atoms with Gasteiger partial charge in [-0.15, -0.1) is 10.2 Å². The van der Waals surface area contributed by atoms with E-state index in [-0.39, 0.29) is 30.0 Å². The monoisotopic (exact) mass is 475 g/mol. The van der Waals surface area contributed by atoms with E-state index in [0.717, 1.165) is 12.8 Å². The molecule has 1 amide bonds. The summed E-state index contributed by atoms with van der Waals surface area (Å²) in [6, 6.07) is 8.54. The Labute approximate surface area is 191 Å². The van der Waals surface area contributed by atoms with Gasteiger partial charge in [0.05, 0.1) is 26.2 Å². The summed E-state index contributed by atoms with van der Waals surface area (Å²) in [4.78, 5) is 13.6. The maximum absolute atomic E-state index is 12.9. The number of piperidine rings is 1. The van der Waals surface area contributed by atoms with Gasteiger partial charge < -0.3 is 18.8 Å². The predicted octanol–water partition coefficient (Wildman–Crippen LogP) is 2.30. The maximum atomic E-state index is 12.9. The van der Waals surface area contributed by atoms with Gasteiger partial charge in [0.15, 0.2) is 5.76 Å². The van der Waals surface area contributed by atoms with Crippen molar-refractivity contribution in [2.75, 3.05) is 37.8 Å². The number of ether oxygens (including phenoxy) is 2. The summed E-state index contributed by atoms with van der Waals surface area (Å²) in [7, 11) is -0.873. The molecule has 1 aliphatic heterocycles. The Balaban J connectivity index is 1.71. The van der Waals surface area contributed by atoms with Crippen molar-refractivity contribution in [1.29, 1.82) is 0 Å². The summed E-state index contributed by atoms with van der Waals surface area (Å²) in [5, 5.41) is 8.21. The molecule has 12 heteroatoms. The van der Waals surface area contributed by atoms with Gasteiger partial charge in [0.2, 0.25) is 27.7 Å². The second-order valence-electron chi connectivity index (χ2n) is 7.43. The molecule has 0 unspecified atom stereocenters. The molecule has 1 N–H and O–H groups in total. The Kier molecular flexibility index (Phi) is 6.54. The first-order valence-electron chi connectivity index (χ1n) is 10.4. The summed E-state index contributed by atoms with van der Waals surface area (Å²) < 4.78 is 46.3. The molecule has 0 aliphatic carbocycles. The van der Waals surface area contributed by atoms with Crippen LogP contribution in [0, 0.1) is 0 Å². The number of carbonyl (C=O) groups excluding carboxylic acids is 1. The summed E-state index contributed by atoms with van der Waals surface area (Å²) in [6.07, 6.45) is 3.63. The number of nitrogens with one attached hydrogen (secondary N) is 1. The van der Waals surface area contributed by atoms with Crippen LogP contribution in [0.1, 0.15) is 19.3 Å². The lowest BCUT2D eigenvalue weighted by Crippen LogP contribution is -2.39. The van der Waals surface area contributed by atoms with Gasteiger partial charge in [-0.2, -0.15) is 0 Å². The van der Waals surface area contributed by atoms with Gasteiger partial charge in [0.1, 0.15) is 17.2 Å². The van der Waals surface area contributed by atoms with Gasteiger partial charge in [-0.25, -0.2) is 8.42 Å². The number of furan rings is 1. The summed E-state index contributed by atoms with van der Waals surface area (Å²) in [5.74, 6) is 1.10. The van der Waals surface area contributed by atoms with Crippen LogP contribution in [0.25, 0.3) is 17.3 Å². The number of amides is 1. The molecule has 3 aromatic rings. The summed E-state index contributed by atoms with van der Waals surface area (Å²) in [6.45, 7) is 0.664. The predicted molar refractivity (Wildman–Crippen MR) is 120 cm³/mol. The minimum absolute atomic E-state index is 0.0292. The number of benzene rings is 1. The lowest BCUT2D eigenvalue weighted by atomic mass is 10.1. The molecular weight excluding hydrogens is 450 g/mol. The van der Waals surface area contributed by atoms with Crippen molar-refractivity contribution < 1.29 is 27.1 Å². The van der Waals surface area contributed by atoms with E-state index in [1.165, 1.54) is 25.0 Å². The summed E-state index contributed by atoms with van der Waals surface area (Å²) in [5.41, 5.74) is 0.405. The zero-order valence-electron chi connectivity index (χ0n) is 18.4. The van der Waals surface area contributed by atoms with E-state index in [2.05, 4.69) is 14.9 Å². The number of para-hydroxylation sites is 1. The van der Waals surface area contributed by atoms with Crippen LogP contribution in [-0.4, -0.2) is 67.1 Å². The number of rotatable bonds is 9. The number of hydrogen-bond acceptors (Lipinski definition) is 8. The van der Waals surface area contributed by atoms with E-state index in [4.69, 9.17) is 13.9 Å². The molecule has 33 heavy (non-hydrogen) atoms. The van der Waals surface area contributed by atoms with Gasteiger partial charge in [-0.3, -0.25) is 14.1 Å². The topological polar surface area (TPSA) is 129 Å². The summed E-state index contributed by atoms with van der Waals surface area (Å²) >= 11 is 0. The first-order valence-corrected chi connectivity index (χ1v) is 12.1. The van der Waals surface area contributed by atoms with Crippen LogP contribution in [0.15, 0.2) is 41.0 Å². The first kappa shape index (κ1) is 22.6. The van der Waals surface area contributed by atoms with Crippen molar-refractivity contribution in [3.8, 4) is 28.8 Å². The Morgan fingerprint density at radius 1 is 1.09 bits per heavy atom. The molecule has 1 aliphatic rings. The zero-order chi connectivity index (χ0) is 23.4. The van der Waals surface area contributed by atoms with E-state index < -0.39 is 10.0 Å². The van der Waals surface area contributed by atoms with Crippen LogP contribution in [0.4, 0.5) is 5.95 Å². The molecule has 0 spiro atoms. The third kappa shape index (κ3) is 4.80. The minimum Gasteiger partial charge on any atom is -0.494 e. The second-order valence-corrected chi connectivity index (χ2v) is 9.27. The van der Waals surface area contributed by atoms with Crippen LogP contribution < -0.4 is 14.2 Å². The van der Waals surface area contributed by atoms with Crippen LogP contribution in [-0.2, 0) is 14.8 Å². The van der Waals surface area contributed by atoms with Crippen LogP contribution in [0.2, 0.25) is 0 Å². The van der Waals surface area contributed by atoms with Crippen LogP contribution in [0.5, 0.6) is 11.5 Å². The van der Waals surface area contributed by atoms with Gasteiger partial charge in [-0.1, -0.05) is 6.07 Å². The number of aromatic nitrogens is 3. The van der Waals surface area contributed by atoms with E-state index in [9.17, 15) is 13.2 Å². The third-order valence-corrected chi connectivity index (χ3v) is 6.54. The fourth-order valence-electron chi connectivity index (χ4n) is 3.70. The molecular formula is C21H25N5O6S. The molecule has 2 aromatic heterocycles. The molecule has 11 nitrogen and oxygen atoms in total. The molecule has 0 saturated carbocycles. The molecule has 0 bridgehead atoms. The molecule has 0 atom stereocenters. The number of hydrogen-bond donors (Lipinski definition) is 1.